The van der Waals surface area contributed by atoms with Crippen LogP contribution in [0.4, 0.5) is 0 Å². The summed E-state index contributed by atoms with van der Waals surface area (Å²) in [6.45, 7) is 4.65. The highest BCUT2D eigenvalue weighted by Crippen LogP contribution is 2.47. The lowest BCUT2D eigenvalue weighted by atomic mass is 10.0. The first-order valence-electron chi connectivity index (χ1n) is 5.53. The van der Waals surface area contributed by atoms with Crippen molar-refractivity contribution in [3.63, 3.8) is 0 Å². The summed E-state index contributed by atoms with van der Waals surface area (Å²) < 4.78 is 4.99. The number of nitrogens with zero attached hydrogens (tertiary/aromatic N) is 1. The van der Waals surface area contributed by atoms with Crippen molar-refractivity contribution >= 4 is 11.9 Å². The van der Waals surface area contributed by atoms with Crippen molar-refractivity contribution in [2.45, 2.75) is 32.7 Å². The van der Waals surface area contributed by atoms with Crippen LogP contribution >= 0.6 is 0 Å². The minimum atomic E-state index is -1.14. The second-order valence-corrected chi connectivity index (χ2v) is 4.28. The van der Waals surface area contributed by atoms with E-state index in [-0.39, 0.29) is 11.9 Å². The van der Waals surface area contributed by atoms with Crippen LogP contribution in [0.15, 0.2) is 0 Å². The van der Waals surface area contributed by atoms with Gasteiger partial charge in [-0.05, 0) is 26.7 Å². The summed E-state index contributed by atoms with van der Waals surface area (Å²) in [6.07, 6.45) is 0.911. The van der Waals surface area contributed by atoms with Gasteiger partial charge in [0.15, 0.2) is 0 Å². The van der Waals surface area contributed by atoms with E-state index >= 15 is 0 Å². The molecule has 16 heavy (non-hydrogen) atoms. The third-order valence-corrected chi connectivity index (χ3v) is 3.11. The average Bonchev–Trinajstić information content (AvgIpc) is 2.99. The molecule has 1 rings (SSSR count). The average molecular weight is 229 g/mol. The summed E-state index contributed by atoms with van der Waals surface area (Å²) in [5.74, 6) is -1.27. The maximum Gasteiger partial charge on any atom is 0.319 e. The van der Waals surface area contributed by atoms with Gasteiger partial charge in [-0.3, -0.25) is 9.59 Å². The Morgan fingerprint density at radius 2 is 2.06 bits per heavy atom. The fourth-order valence-electron chi connectivity index (χ4n) is 1.91. The first-order chi connectivity index (χ1) is 7.49. The Hall–Kier alpha value is -1.10. The summed E-state index contributed by atoms with van der Waals surface area (Å²) in [6, 6.07) is -0.0840. The van der Waals surface area contributed by atoms with Crippen LogP contribution in [0.25, 0.3) is 0 Å². The number of carboxylic acid groups (broad SMARTS) is 1. The number of hydrogen-bond acceptors (Lipinski definition) is 3. The van der Waals surface area contributed by atoms with E-state index in [2.05, 4.69) is 0 Å². The lowest BCUT2D eigenvalue weighted by Crippen LogP contribution is -2.47. The first kappa shape index (κ1) is 13.0. The Balaban J connectivity index is 2.74. The summed E-state index contributed by atoms with van der Waals surface area (Å²) >= 11 is 0. The maximum absolute atomic E-state index is 12.1. The lowest BCUT2D eigenvalue weighted by molar-refractivity contribution is -0.154. The van der Waals surface area contributed by atoms with Gasteiger partial charge in [0.1, 0.15) is 5.41 Å². The Kier molecular flexibility index (Phi) is 3.91. The van der Waals surface area contributed by atoms with Crippen molar-refractivity contribution in [2.75, 3.05) is 20.3 Å². The third kappa shape index (κ3) is 2.19. The predicted octanol–water partition coefficient (Wildman–Crippen LogP) is 0.735. The molecule has 0 aromatic rings. The van der Waals surface area contributed by atoms with E-state index in [1.165, 1.54) is 0 Å². The Labute approximate surface area is 95.4 Å². The van der Waals surface area contributed by atoms with Gasteiger partial charge < -0.3 is 14.7 Å². The molecule has 0 heterocycles. The van der Waals surface area contributed by atoms with E-state index in [0.29, 0.717) is 26.0 Å². The zero-order valence-electron chi connectivity index (χ0n) is 10.0. The number of likely N-dealkylation sites (N-methyl/N-ethyl adjacent to an activating group) is 1. The minimum absolute atomic E-state index is 0.0840. The standard InChI is InChI=1S/C11H19NO4/c1-4-12(8(2)7-16-3)9(13)11(5-6-11)10(14)15/h8H,4-7H2,1-3H3,(H,14,15). The van der Waals surface area contributed by atoms with Crippen LogP contribution < -0.4 is 0 Å². The van der Waals surface area contributed by atoms with Crippen molar-refractivity contribution in [2.24, 2.45) is 5.41 Å². The molecule has 0 spiro atoms. The number of carboxylic acids is 1. The molecular formula is C11H19NO4. The summed E-state index contributed by atoms with van der Waals surface area (Å²) in [5.41, 5.74) is -1.14. The van der Waals surface area contributed by atoms with Crippen molar-refractivity contribution in [1.82, 2.24) is 4.90 Å². The Morgan fingerprint density at radius 3 is 2.38 bits per heavy atom. The fraction of sp³-hybridized carbons (Fsp3) is 0.818. The largest absolute Gasteiger partial charge is 0.480 e. The van der Waals surface area contributed by atoms with Gasteiger partial charge >= 0.3 is 5.97 Å². The molecule has 1 saturated carbocycles. The second kappa shape index (κ2) is 4.82. The second-order valence-electron chi connectivity index (χ2n) is 4.28. The molecule has 5 heteroatoms. The van der Waals surface area contributed by atoms with E-state index in [9.17, 15) is 9.59 Å². The molecule has 1 amide bonds. The van der Waals surface area contributed by atoms with Crippen molar-refractivity contribution in [3.05, 3.63) is 0 Å². The van der Waals surface area contributed by atoms with Crippen molar-refractivity contribution < 1.29 is 19.4 Å². The van der Waals surface area contributed by atoms with Gasteiger partial charge in [0.2, 0.25) is 5.91 Å². The van der Waals surface area contributed by atoms with Crippen LogP contribution in [0, 0.1) is 5.41 Å². The molecule has 0 radical (unpaired) electrons. The predicted molar refractivity (Wildman–Crippen MR) is 58.0 cm³/mol. The Bertz CT molecular complexity index is 286. The zero-order valence-corrected chi connectivity index (χ0v) is 10.0. The summed E-state index contributed by atoms with van der Waals surface area (Å²) in [5, 5.41) is 9.05. The molecule has 92 valence electrons. The van der Waals surface area contributed by atoms with Crippen molar-refractivity contribution in [1.29, 1.82) is 0 Å². The molecule has 0 saturated heterocycles. The van der Waals surface area contributed by atoms with Crippen LogP contribution in [-0.4, -0.2) is 48.2 Å². The summed E-state index contributed by atoms with van der Waals surface area (Å²) in [7, 11) is 1.57. The molecule has 5 nitrogen and oxygen atoms in total. The van der Waals surface area contributed by atoms with Crippen molar-refractivity contribution in [3.8, 4) is 0 Å². The molecule has 1 N–H and O–H groups in total. The highest BCUT2D eigenvalue weighted by molar-refractivity contribution is 6.04. The fourth-order valence-corrected chi connectivity index (χ4v) is 1.91. The van der Waals surface area contributed by atoms with E-state index in [1.54, 1.807) is 12.0 Å². The number of ether oxygens (including phenoxy) is 1. The highest BCUT2D eigenvalue weighted by atomic mass is 16.5. The van der Waals surface area contributed by atoms with Crippen LogP contribution in [-0.2, 0) is 14.3 Å². The van der Waals surface area contributed by atoms with E-state index < -0.39 is 11.4 Å². The van der Waals surface area contributed by atoms with Gasteiger partial charge in [-0.2, -0.15) is 0 Å². The van der Waals surface area contributed by atoms with Crippen LogP contribution in [0.2, 0.25) is 0 Å². The topological polar surface area (TPSA) is 66.8 Å². The molecular weight excluding hydrogens is 210 g/mol. The lowest BCUT2D eigenvalue weighted by Gasteiger charge is -2.30. The van der Waals surface area contributed by atoms with Gasteiger partial charge in [0, 0.05) is 13.7 Å². The SMILES string of the molecule is CCN(C(=O)C1(C(=O)O)CC1)C(C)COC. The highest BCUT2D eigenvalue weighted by Gasteiger charge is 2.58. The van der Waals surface area contributed by atoms with Crippen LogP contribution in [0.1, 0.15) is 26.7 Å². The third-order valence-electron chi connectivity index (χ3n) is 3.11. The van der Waals surface area contributed by atoms with Crippen LogP contribution in [0.5, 0.6) is 0 Å². The van der Waals surface area contributed by atoms with Gasteiger partial charge in [0.25, 0.3) is 0 Å². The van der Waals surface area contributed by atoms with Gasteiger partial charge in [-0.25, -0.2) is 0 Å². The molecule has 1 fully saturated rings. The van der Waals surface area contributed by atoms with E-state index in [1.807, 2.05) is 13.8 Å². The number of amides is 1. The molecule has 1 atom stereocenters. The van der Waals surface area contributed by atoms with Gasteiger partial charge in [0.05, 0.1) is 12.6 Å². The van der Waals surface area contributed by atoms with Gasteiger partial charge in [-0.15, -0.1) is 0 Å². The molecule has 1 aliphatic carbocycles. The number of hydrogen-bond donors (Lipinski definition) is 1. The zero-order chi connectivity index (χ0) is 12.3. The normalized spacial score (nSPS) is 18.9. The molecule has 1 aliphatic rings. The van der Waals surface area contributed by atoms with E-state index in [0.717, 1.165) is 0 Å². The number of carbonyl (C=O) groups is 2. The minimum Gasteiger partial charge on any atom is -0.480 e. The quantitative estimate of drug-likeness (QED) is 0.682. The molecule has 1 unspecified atom stereocenters. The summed E-state index contributed by atoms with van der Waals surface area (Å²) in [4.78, 5) is 24.7. The first-order valence-corrected chi connectivity index (χ1v) is 5.53. The Morgan fingerprint density at radius 1 is 1.50 bits per heavy atom. The number of carbonyl (C=O) groups excluding carboxylic acids is 1. The number of aliphatic carboxylic acids is 1. The molecule has 0 aromatic heterocycles. The monoisotopic (exact) mass is 229 g/mol. The molecule has 0 aliphatic heterocycles. The number of methoxy groups -OCH3 is 1. The van der Waals surface area contributed by atoms with Gasteiger partial charge in [-0.1, -0.05) is 0 Å². The maximum atomic E-state index is 12.1. The molecule has 0 aromatic carbocycles. The molecule has 0 bridgehead atoms. The number of rotatable bonds is 6. The smallest absolute Gasteiger partial charge is 0.319 e. The van der Waals surface area contributed by atoms with E-state index in [4.69, 9.17) is 9.84 Å². The van der Waals surface area contributed by atoms with Crippen LogP contribution in [0.3, 0.4) is 0 Å².